The van der Waals surface area contributed by atoms with E-state index in [1.165, 1.54) is 0 Å². The van der Waals surface area contributed by atoms with E-state index >= 15 is 0 Å². The van der Waals surface area contributed by atoms with Crippen LogP contribution in [-0.4, -0.2) is 22.4 Å². The number of aryl methyl sites for hydroxylation is 1. The van der Waals surface area contributed by atoms with Gasteiger partial charge in [-0.25, -0.2) is 0 Å². The average molecular weight is 540 g/mol. The molecular formula is C29H21Cl3O4. The minimum Gasteiger partial charge on any atom is -0.507 e. The van der Waals surface area contributed by atoms with Gasteiger partial charge in [-0.3, -0.25) is 0 Å². The van der Waals surface area contributed by atoms with Gasteiger partial charge >= 0.3 is 0 Å². The topological polar surface area (TPSA) is 69.9 Å². The van der Waals surface area contributed by atoms with E-state index < -0.39 is 0 Å². The number of hydrogen-bond acceptors (Lipinski definition) is 4. The van der Waals surface area contributed by atoms with Crippen LogP contribution in [0.25, 0.3) is 34.4 Å². The molecule has 182 valence electrons. The number of methoxy groups -OCH3 is 1. The highest BCUT2D eigenvalue weighted by Crippen LogP contribution is 2.46. The fourth-order valence-electron chi connectivity index (χ4n) is 4.51. The molecule has 4 nitrogen and oxygen atoms in total. The van der Waals surface area contributed by atoms with Crippen LogP contribution < -0.4 is 4.74 Å². The minimum atomic E-state index is -0.214. The first kappa shape index (κ1) is 24.4. The lowest BCUT2D eigenvalue weighted by molar-refractivity contribution is 0.415. The first-order chi connectivity index (χ1) is 17.3. The number of ether oxygens (including phenoxy) is 1. The molecule has 0 radical (unpaired) electrons. The van der Waals surface area contributed by atoms with E-state index in [4.69, 9.17) is 39.5 Å². The molecule has 3 N–H and O–H groups in total. The van der Waals surface area contributed by atoms with Crippen LogP contribution in [-0.2, 0) is 12.8 Å². The van der Waals surface area contributed by atoms with Crippen LogP contribution in [0.15, 0.2) is 54.6 Å². The van der Waals surface area contributed by atoms with Gasteiger partial charge in [0.1, 0.15) is 17.2 Å². The smallest absolute Gasteiger partial charge is 0.153 e. The third-order valence-electron chi connectivity index (χ3n) is 6.43. The first-order valence-electron chi connectivity index (χ1n) is 11.2. The quantitative estimate of drug-likeness (QED) is 0.227. The standard InChI is InChI=1S/C29H21Cl3O4/c1-36-25-11-5-16-3-8-18-20(14-23(30)29(35)27(18)32)19-9-7-17(26(31)28(19)34)6-2-15-4-10-24(33)21(12-15)22(25)13-16/h2,4-7,9-14,33-35H,3,8H2,1H3/b6-2+. The maximum Gasteiger partial charge on any atom is 0.153 e. The zero-order chi connectivity index (χ0) is 25.6. The molecule has 2 aliphatic rings. The summed E-state index contributed by atoms with van der Waals surface area (Å²) in [6, 6.07) is 16.2. The van der Waals surface area contributed by atoms with E-state index in [9.17, 15) is 15.3 Å². The number of benzene rings is 4. The normalized spacial score (nSPS) is 13.3. The lowest BCUT2D eigenvalue weighted by atomic mass is 9.91. The molecule has 36 heavy (non-hydrogen) atoms. The molecule has 0 saturated carbocycles. The van der Waals surface area contributed by atoms with Crippen molar-refractivity contribution in [3.63, 3.8) is 0 Å². The van der Waals surface area contributed by atoms with E-state index in [2.05, 4.69) is 0 Å². The lowest BCUT2D eigenvalue weighted by Crippen LogP contribution is -1.99. The summed E-state index contributed by atoms with van der Waals surface area (Å²) in [5, 5.41) is 32.5. The van der Waals surface area contributed by atoms with Crippen molar-refractivity contribution in [3.8, 4) is 45.3 Å². The first-order valence-corrected chi connectivity index (χ1v) is 12.3. The van der Waals surface area contributed by atoms with Gasteiger partial charge in [-0.05, 0) is 77.1 Å². The molecule has 6 rings (SSSR count). The number of phenols is 3. The predicted octanol–water partition coefficient (Wildman–Crippen LogP) is 8.38. The summed E-state index contributed by atoms with van der Waals surface area (Å²) in [5.41, 5.74) is 5.45. The molecule has 0 heterocycles. The average Bonchev–Trinajstić information content (AvgIpc) is 2.88. The van der Waals surface area contributed by atoms with Gasteiger partial charge in [-0.2, -0.15) is 0 Å². The molecule has 2 aliphatic carbocycles. The van der Waals surface area contributed by atoms with Crippen molar-refractivity contribution >= 4 is 47.0 Å². The molecule has 6 bridgehead atoms. The second kappa shape index (κ2) is 9.62. The maximum atomic E-state index is 11.0. The molecule has 4 aromatic rings. The van der Waals surface area contributed by atoms with Crippen LogP contribution in [0.3, 0.4) is 0 Å². The fourth-order valence-corrected chi connectivity index (χ4v) is 5.29. The summed E-state index contributed by atoms with van der Waals surface area (Å²) in [5.74, 6) is 0.426. The van der Waals surface area contributed by atoms with Crippen molar-refractivity contribution < 1.29 is 20.1 Å². The number of halogens is 3. The van der Waals surface area contributed by atoms with Crippen molar-refractivity contribution in [2.24, 2.45) is 0 Å². The van der Waals surface area contributed by atoms with Crippen LogP contribution >= 0.6 is 34.8 Å². The van der Waals surface area contributed by atoms with Crippen LogP contribution in [0.2, 0.25) is 15.1 Å². The Morgan fingerprint density at radius 1 is 0.694 bits per heavy atom. The number of hydrogen-bond donors (Lipinski definition) is 3. The maximum absolute atomic E-state index is 11.0. The Labute approximate surface area is 223 Å². The molecule has 0 aliphatic heterocycles. The summed E-state index contributed by atoms with van der Waals surface area (Å²) in [4.78, 5) is 0. The summed E-state index contributed by atoms with van der Waals surface area (Å²) in [7, 11) is 1.59. The van der Waals surface area contributed by atoms with Gasteiger partial charge in [0.05, 0.1) is 22.2 Å². The second-order valence-corrected chi connectivity index (χ2v) is 9.72. The molecule has 0 unspecified atom stereocenters. The molecule has 0 saturated heterocycles. The van der Waals surface area contributed by atoms with E-state index in [0.717, 1.165) is 16.7 Å². The highest BCUT2D eigenvalue weighted by molar-refractivity contribution is 6.38. The molecular weight excluding hydrogens is 519 g/mol. The molecule has 0 fully saturated rings. The zero-order valence-corrected chi connectivity index (χ0v) is 21.4. The Morgan fingerprint density at radius 2 is 1.50 bits per heavy atom. The predicted molar refractivity (Wildman–Crippen MR) is 147 cm³/mol. The van der Waals surface area contributed by atoms with Gasteiger partial charge in [0.15, 0.2) is 5.75 Å². The van der Waals surface area contributed by atoms with Gasteiger partial charge in [-0.1, -0.05) is 65.2 Å². The van der Waals surface area contributed by atoms with Crippen LogP contribution in [0.1, 0.15) is 22.3 Å². The van der Waals surface area contributed by atoms with Crippen molar-refractivity contribution in [3.05, 3.63) is 91.9 Å². The number of fused-ring (bicyclic) bond motifs is 3. The molecule has 0 amide bonds. The van der Waals surface area contributed by atoms with Crippen molar-refractivity contribution in [2.45, 2.75) is 12.8 Å². The molecule has 7 heteroatoms. The van der Waals surface area contributed by atoms with Crippen molar-refractivity contribution in [2.75, 3.05) is 7.11 Å². The van der Waals surface area contributed by atoms with Gasteiger partial charge in [0, 0.05) is 16.7 Å². The third-order valence-corrected chi connectivity index (χ3v) is 7.52. The van der Waals surface area contributed by atoms with Crippen LogP contribution in [0.5, 0.6) is 23.0 Å². The number of aromatic hydroxyl groups is 3. The summed E-state index contributed by atoms with van der Waals surface area (Å²) >= 11 is 19.4. The van der Waals surface area contributed by atoms with Crippen LogP contribution in [0, 0.1) is 0 Å². The fraction of sp³-hybridized carbons (Fsp3) is 0.103. The number of rotatable bonds is 1. The minimum absolute atomic E-state index is 0.0772. The van der Waals surface area contributed by atoms with Crippen molar-refractivity contribution in [1.29, 1.82) is 0 Å². The largest absolute Gasteiger partial charge is 0.507 e. The second-order valence-electron chi connectivity index (χ2n) is 8.56. The molecule has 0 spiro atoms. The molecule has 0 aromatic heterocycles. The van der Waals surface area contributed by atoms with E-state index in [1.807, 2.05) is 30.3 Å². The Kier molecular flexibility index (Phi) is 6.52. The van der Waals surface area contributed by atoms with Crippen LogP contribution in [0.4, 0.5) is 0 Å². The van der Waals surface area contributed by atoms with Crippen molar-refractivity contribution in [1.82, 2.24) is 0 Å². The van der Waals surface area contributed by atoms with Gasteiger partial charge in [-0.15, -0.1) is 0 Å². The van der Waals surface area contributed by atoms with E-state index in [0.29, 0.717) is 46.4 Å². The van der Waals surface area contributed by atoms with Gasteiger partial charge in [0.25, 0.3) is 0 Å². The SMILES string of the molecule is COc1ccc2cc1-c1cc(ccc1O)/C=C/c1ccc(c(O)c1Cl)-c1cc(Cl)c(O)c(Cl)c1CC2. The van der Waals surface area contributed by atoms with E-state index in [1.54, 1.807) is 43.5 Å². The van der Waals surface area contributed by atoms with E-state index in [-0.39, 0.29) is 32.3 Å². The third kappa shape index (κ3) is 4.26. The monoisotopic (exact) mass is 538 g/mol. The Hall–Kier alpha value is -3.31. The Morgan fingerprint density at radius 3 is 2.28 bits per heavy atom. The molecule has 4 aromatic carbocycles. The summed E-state index contributed by atoms with van der Waals surface area (Å²) < 4.78 is 5.59. The Balaban J connectivity index is 1.79. The zero-order valence-electron chi connectivity index (χ0n) is 19.1. The number of phenolic OH excluding ortho intramolecular Hbond substituents is 3. The lowest BCUT2D eigenvalue weighted by Gasteiger charge is -2.18. The Bertz CT molecular complexity index is 1540. The van der Waals surface area contributed by atoms with Gasteiger partial charge < -0.3 is 20.1 Å². The highest BCUT2D eigenvalue weighted by Gasteiger charge is 2.21. The van der Waals surface area contributed by atoms with Gasteiger partial charge in [0.2, 0.25) is 0 Å². The highest BCUT2D eigenvalue weighted by atomic mass is 35.5. The molecule has 0 atom stereocenters. The summed E-state index contributed by atoms with van der Waals surface area (Å²) in [6.45, 7) is 0. The summed E-state index contributed by atoms with van der Waals surface area (Å²) in [6.07, 6.45) is 4.64.